The summed E-state index contributed by atoms with van der Waals surface area (Å²) in [6.45, 7) is 7.65. The fraction of sp³-hybridized carbons (Fsp3) is 0.818. The van der Waals surface area contributed by atoms with Crippen molar-refractivity contribution in [1.82, 2.24) is 10.2 Å². The largest absolute Gasteiger partial charge is 0.379 e. The third-order valence-electron chi connectivity index (χ3n) is 2.35. The Morgan fingerprint density at radius 2 is 2.19 bits per heavy atom. The molecular weight excluding hydrogens is 208 g/mol. The molecule has 0 aliphatic carbocycles. The van der Waals surface area contributed by atoms with Crippen LogP contribution in [0.2, 0.25) is 0 Å². The molecule has 1 heterocycles. The molecule has 0 saturated carbocycles. The molecule has 1 aliphatic heterocycles. The van der Waals surface area contributed by atoms with Gasteiger partial charge in [0.2, 0.25) is 11.8 Å². The summed E-state index contributed by atoms with van der Waals surface area (Å²) in [6, 6.07) is -0.411. The maximum Gasteiger partial charge on any atom is 0.245 e. The zero-order chi connectivity index (χ0) is 12.1. The van der Waals surface area contributed by atoms with E-state index in [1.54, 1.807) is 11.8 Å². The number of nitrogens with zero attached hydrogens (tertiary/aromatic N) is 1. The lowest BCUT2D eigenvalue weighted by atomic mass is 10.2. The second-order valence-electron chi connectivity index (χ2n) is 4.52. The lowest BCUT2D eigenvalue weighted by Gasteiger charge is -2.30. The highest BCUT2D eigenvalue weighted by Gasteiger charge is 2.28. The first kappa shape index (κ1) is 13.0. The summed E-state index contributed by atoms with van der Waals surface area (Å²) in [5.74, 6) is 0.350. The van der Waals surface area contributed by atoms with Gasteiger partial charge >= 0.3 is 0 Å². The predicted molar refractivity (Wildman–Crippen MR) is 59.8 cm³/mol. The molecule has 16 heavy (non-hydrogen) atoms. The van der Waals surface area contributed by atoms with E-state index in [2.05, 4.69) is 19.2 Å². The highest BCUT2D eigenvalue weighted by Crippen LogP contribution is 2.02. The Balaban J connectivity index is 2.29. The van der Waals surface area contributed by atoms with Crippen molar-refractivity contribution in [2.45, 2.75) is 26.8 Å². The van der Waals surface area contributed by atoms with Gasteiger partial charge in [0.25, 0.3) is 0 Å². The first-order valence-corrected chi connectivity index (χ1v) is 5.66. The van der Waals surface area contributed by atoms with Gasteiger partial charge in [-0.05, 0) is 12.8 Å². The van der Waals surface area contributed by atoms with E-state index in [1.165, 1.54) is 0 Å². The van der Waals surface area contributed by atoms with E-state index in [0.717, 1.165) is 0 Å². The molecule has 2 amide bonds. The van der Waals surface area contributed by atoms with E-state index in [-0.39, 0.29) is 18.4 Å². The second kappa shape index (κ2) is 5.84. The number of amides is 2. The molecule has 1 saturated heterocycles. The highest BCUT2D eigenvalue weighted by atomic mass is 16.5. The van der Waals surface area contributed by atoms with Gasteiger partial charge in [-0.15, -0.1) is 0 Å². The number of ether oxygens (including phenoxy) is 1. The van der Waals surface area contributed by atoms with Crippen LogP contribution in [0, 0.1) is 5.92 Å². The molecule has 0 aromatic carbocycles. The molecule has 5 nitrogen and oxygen atoms in total. The molecule has 92 valence electrons. The van der Waals surface area contributed by atoms with Crippen molar-refractivity contribution < 1.29 is 14.3 Å². The van der Waals surface area contributed by atoms with E-state index in [0.29, 0.717) is 25.7 Å². The van der Waals surface area contributed by atoms with Crippen LogP contribution < -0.4 is 5.32 Å². The molecule has 0 aromatic heterocycles. The number of rotatable bonds is 5. The molecular formula is C11H20N2O3. The average molecular weight is 228 g/mol. The minimum atomic E-state index is -0.411. The number of carbonyl (C=O) groups is 2. The highest BCUT2D eigenvalue weighted by molar-refractivity contribution is 5.94. The third-order valence-corrected chi connectivity index (χ3v) is 2.35. The van der Waals surface area contributed by atoms with Crippen molar-refractivity contribution in [3.05, 3.63) is 0 Å². The summed E-state index contributed by atoms with van der Waals surface area (Å²) < 4.78 is 5.39. The average Bonchev–Trinajstić information content (AvgIpc) is 2.19. The van der Waals surface area contributed by atoms with Gasteiger partial charge in [-0.2, -0.15) is 0 Å². The molecule has 5 heteroatoms. The lowest BCUT2D eigenvalue weighted by Crippen LogP contribution is -2.57. The maximum atomic E-state index is 11.7. The standard InChI is InChI=1S/C11H20N2O3/c1-8(2)7-16-5-4-13-6-10(14)12-9(3)11(13)15/h8-9H,4-7H2,1-3H3,(H,12,14). The van der Waals surface area contributed by atoms with Gasteiger partial charge in [-0.3, -0.25) is 9.59 Å². The molecule has 0 aromatic rings. The van der Waals surface area contributed by atoms with Crippen LogP contribution in [0.5, 0.6) is 0 Å². The SMILES string of the molecule is CC(C)COCCN1CC(=O)NC(C)C1=O. The van der Waals surface area contributed by atoms with E-state index < -0.39 is 6.04 Å². The van der Waals surface area contributed by atoms with Gasteiger partial charge in [0.15, 0.2) is 0 Å². The normalized spacial score (nSPS) is 21.5. The lowest BCUT2D eigenvalue weighted by molar-refractivity contribution is -0.144. The Hall–Kier alpha value is -1.10. The van der Waals surface area contributed by atoms with Crippen molar-refractivity contribution in [2.75, 3.05) is 26.3 Å². The second-order valence-corrected chi connectivity index (χ2v) is 4.52. The molecule has 1 N–H and O–H groups in total. The predicted octanol–water partition coefficient (Wildman–Crippen LogP) is 0.00590. The Kier molecular flexibility index (Phi) is 4.73. The fourth-order valence-electron chi connectivity index (χ4n) is 1.56. The van der Waals surface area contributed by atoms with Crippen LogP contribution in [0.4, 0.5) is 0 Å². The number of hydrogen-bond acceptors (Lipinski definition) is 3. The summed E-state index contributed by atoms with van der Waals surface area (Å²) in [6.07, 6.45) is 0. The van der Waals surface area contributed by atoms with Crippen molar-refractivity contribution in [3.8, 4) is 0 Å². The van der Waals surface area contributed by atoms with Gasteiger partial charge in [-0.1, -0.05) is 13.8 Å². The van der Waals surface area contributed by atoms with Gasteiger partial charge < -0.3 is 15.0 Å². The minimum Gasteiger partial charge on any atom is -0.379 e. The van der Waals surface area contributed by atoms with E-state index in [4.69, 9.17) is 4.74 Å². The fourth-order valence-corrected chi connectivity index (χ4v) is 1.56. The van der Waals surface area contributed by atoms with Crippen molar-refractivity contribution in [3.63, 3.8) is 0 Å². The number of nitrogens with one attached hydrogen (secondary N) is 1. The van der Waals surface area contributed by atoms with Crippen LogP contribution in [-0.4, -0.2) is 49.1 Å². The van der Waals surface area contributed by atoms with Crippen LogP contribution in [-0.2, 0) is 14.3 Å². The Morgan fingerprint density at radius 3 is 2.81 bits per heavy atom. The summed E-state index contributed by atoms with van der Waals surface area (Å²) in [7, 11) is 0. The van der Waals surface area contributed by atoms with Crippen LogP contribution in [0.15, 0.2) is 0 Å². The molecule has 1 atom stereocenters. The summed E-state index contributed by atoms with van der Waals surface area (Å²) in [5.41, 5.74) is 0. The minimum absolute atomic E-state index is 0.0345. The summed E-state index contributed by atoms with van der Waals surface area (Å²) >= 11 is 0. The molecule has 1 fully saturated rings. The Bertz CT molecular complexity index is 266. The quantitative estimate of drug-likeness (QED) is 0.674. The first-order valence-electron chi connectivity index (χ1n) is 5.66. The van der Waals surface area contributed by atoms with Crippen LogP contribution in [0.3, 0.4) is 0 Å². The molecule has 1 rings (SSSR count). The first-order chi connectivity index (χ1) is 7.50. The van der Waals surface area contributed by atoms with Crippen molar-refractivity contribution >= 4 is 11.8 Å². The molecule has 1 unspecified atom stereocenters. The molecule has 0 radical (unpaired) electrons. The van der Waals surface area contributed by atoms with Crippen molar-refractivity contribution in [1.29, 1.82) is 0 Å². The summed E-state index contributed by atoms with van der Waals surface area (Å²) in [5, 5.41) is 2.60. The third kappa shape index (κ3) is 3.81. The van der Waals surface area contributed by atoms with E-state index >= 15 is 0 Å². The van der Waals surface area contributed by atoms with Crippen LogP contribution in [0.25, 0.3) is 0 Å². The monoisotopic (exact) mass is 228 g/mol. The number of carbonyl (C=O) groups excluding carboxylic acids is 2. The van der Waals surface area contributed by atoms with Crippen molar-refractivity contribution in [2.24, 2.45) is 5.92 Å². The van der Waals surface area contributed by atoms with Gasteiger partial charge in [-0.25, -0.2) is 0 Å². The van der Waals surface area contributed by atoms with Crippen LogP contribution in [0.1, 0.15) is 20.8 Å². The smallest absolute Gasteiger partial charge is 0.245 e. The van der Waals surface area contributed by atoms with Crippen LogP contribution >= 0.6 is 0 Å². The van der Waals surface area contributed by atoms with E-state index in [1.807, 2.05) is 0 Å². The van der Waals surface area contributed by atoms with Gasteiger partial charge in [0.1, 0.15) is 6.04 Å². The zero-order valence-corrected chi connectivity index (χ0v) is 10.2. The number of piperazine rings is 1. The molecule has 0 bridgehead atoms. The topological polar surface area (TPSA) is 58.6 Å². The number of hydrogen-bond donors (Lipinski definition) is 1. The zero-order valence-electron chi connectivity index (χ0n) is 10.2. The van der Waals surface area contributed by atoms with Gasteiger partial charge in [0.05, 0.1) is 13.2 Å². The van der Waals surface area contributed by atoms with Gasteiger partial charge in [0, 0.05) is 13.2 Å². The molecule has 0 spiro atoms. The Labute approximate surface area is 96.1 Å². The Morgan fingerprint density at radius 1 is 1.50 bits per heavy atom. The van der Waals surface area contributed by atoms with E-state index in [9.17, 15) is 9.59 Å². The maximum absolute atomic E-state index is 11.7. The molecule has 1 aliphatic rings. The summed E-state index contributed by atoms with van der Waals surface area (Å²) in [4.78, 5) is 24.4.